The number of esters is 1. The van der Waals surface area contributed by atoms with Gasteiger partial charge in [0.05, 0.1) is 13.2 Å². The highest BCUT2D eigenvalue weighted by atomic mass is 16.5. The molecule has 4 nitrogen and oxygen atoms in total. The van der Waals surface area contributed by atoms with Crippen LogP contribution in [-0.2, 0) is 25.7 Å². The molecule has 0 amide bonds. The summed E-state index contributed by atoms with van der Waals surface area (Å²) >= 11 is 0. The second-order valence-electron chi connectivity index (χ2n) is 7.14. The number of carbonyl (C=O) groups excluding carboxylic acids is 2. The second-order valence-corrected chi connectivity index (χ2v) is 7.14. The van der Waals surface area contributed by atoms with E-state index in [2.05, 4.69) is 12.1 Å². The fourth-order valence-corrected chi connectivity index (χ4v) is 3.67. The maximum atomic E-state index is 12.7. The standard InChI is InChI=1S/C23H32O4/c1-2-27-22(24)16-7-6-12-20-13-8-14-21(23(20)25)15-9-17-26-18-19-10-4-3-5-11-19/h3-5,7,10-11,16,20-21H,2,6,8-9,12-15,17-18H2,1H3/b16-7+. The van der Waals surface area contributed by atoms with E-state index in [1.807, 2.05) is 24.3 Å². The van der Waals surface area contributed by atoms with Gasteiger partial charge in [0.1, 0.15) is 5.78 Å². The number of hydrogen-bond donors (Lipinski definition) is 0. The van der Waals surface area contributed by atoms with Crippen LogP contribution in [-0.4, -0.2) is 25.0 Å². The van der Waals surface area contributed by atoms with Crippen molar-refractivity contribution in [2.24, 2.45) is 11.8 Å². The maximum absolute atomic E-state index is 12.7. The number of hydrogen-bond acceptors (Lipinski definition) is 4. The molecule has 1 aliphatic carbocycles. The Bertz CT molecular complexity index is 594. The quantitative estimate of drug-likeness (QED) is 0.316. The smallest absolute Gasteiger partial charge is 0.330 e. The predicted octanol–water partition coefficient (Wildman–Crippen LogP) is 4.87. The van der Waals surface area contributed by atoms with E-state index < -0.39 is 0 Å². The van der Waals surface area contributed by atoms with Gasteiger partial charge in [-0.2, -0.15) is 0 Å². The molecule has 1 aliphatic rings. The normalized spacial score (nSPS) is 20.1. The molecule has 0 saturated heterocycles. The average molecular weight is 373 g/mol. The van der Waals surface area contributed by atoms with Gasteiger partial charge in [-0.15, -0.1) is 0 Å². The Morgan fingerprint density at radius 3 is 2.63 bits per heavy atom. The Balaban J connectivity index is 1.62. The van der Waals surface area contributed by atoms with Crippen LogP contribution < -0.4 is 0 Å². The van der Waals surface area contributed by atoms with Crippen LogP contribution in [0.3, 0.4) is 0 Å². The lowest BCUT2D eigenvalue weighted by Gasteiger charge is -2.27. The van der Waals surface area contributed by atoms with Crippen molar-refractivity contribution in [3.8, 4) is 0 Å². The summed E-state index contributed by atoms with van der Waals surface area (Å²) in [5, 5.41) is 0. The van der Waals surface area contributed by atoms with Gasteiger partial charge >= 0.3 is 5.97 Å². The summed E-state index contributed by atoms with van der Waals surface area (Å²) in [5.41, 5.74) is 1.18. The van der Waals surface area contributed by atoms with Crippen LogP contribution in [0.15, 0.2) is 42.5 Å². The molecule has 1 fully saturated rings. The molecule has 0 aromatic heterocycles. The van der Waals surface area contributed by atoms with Crippen molar-refractivity contribution in [2.75, 3.05) is 13.2 Å². The van der Waals surface area contributed by atoms with Crippen molar-refractivity contribution in [1.82, 2.24) is 0 Å². The molecule has 0 bridgehead atoms. The van der Waals surface area contributed by atoms with E-state index in [0.29, 0.717) is 25.6 Å². The van der Waals surface area contributed by atoms with Gasteiger partial charge < -0.3 is 9.47 Å². The van der Waals surface area contributed by atoms with Gasteiger partial charge in [0.2, 0.25) is 0 Å². The average Bonchev–Trinajstić information content (AvgIpc) is 2.68. The van der Waals surface area contributed by atoms with Crippen LogP contribution in [0.1, 0.15) is 57.4 Å². The molecule has 148 valence electrons. The summed E-state index contributed by atoms with van der Waals surface area (Å²) in [5.74, 6) is 0.425. The van der Waals surface area contributed by atoms with Crippen molar-refractivity contribution in [1.29, 1.82) is 0 Å². The zero-order valence-electron chi connectivity index (χ0n) is 16.4. The third-order valence-corrected chi connectivity index (χ3v) is 5.09. The van der Waals surface area contributed by atoms with Gasteiger partial charge in [-0.05, 0) is 51.0 Å². The monoisotopic (exact) mass is 372 g/mol. The van der Waals surface area contributed by atoms with Crippen molar-refractivity contribution < 1.29 is 19.1 Å². The highest BCUT2D eigenvalue weighted by molar-refractivity contribution is 5.84. The highest BCUT2D eigenvalue weighted by Gasteiger charge is 2.29. The maximum Gasteiger partial charge on any atom is 0.330 e. The van der Waals surface area contributed by atoms with Gasteiger partial charge in [-0.1, -0.05) is 42.8 Å². The first-order valence-corrected chi connectivity index (χ1v) is 10.2. The highest BCUT2D eigenvalue weighted by Crippen LogP contribution is 2.31. The first-order valence-electron chi connectivity index (χ1n) is 10.2. The van der Waals surface area contributed by atoms with Crippen LogP contribution in [0.25, 0.3) is 0 Å². The van der Waals surface area contributed by atoms with Crippen LogP contribution in [0.4, 0.5) is 0 Å². The lowest BCUT2D eigenvalue weighted by atomic mass is 9.76. The topological polar surface area (TPSA) is 52.6 Å². The summed E-state index contributed by atoms with van der Waals surface area (Å²) in [4.78, 5) is 24.0. The van der Waals surface area contributed by atoms with E-state index in [9.17, 15) is 9.59 Å². The van der Waals surface area contributed by atoms with Crippen LogP contribution in [0, 0.1) is 11.8 Å². The molecule has 1 aromatic carbocycles. The van der Waals surface area contributed by atoms with Crippen LogP contribution in [0.2, 0.25) is 0 Å². The summed E-state index contributed by atoms with van der Waals surface area (Å²) in [7, 11) is 0. The third kappa shape index (κ3) is 8.08. The Labute approximate surface area is 162 Å². The molecule has 0 heterocycles. The lowest BCUT2D eigenvalue weighted by molar-refractivity contribution is -0.137. The molecule has 27 heavy (non-hydrogen) atoms. The molecular formula is C23H32O4. The molecule has 0 spiro atoms. The van der Waals surface area contributed by atoms with E-state index >= 15 is 0 Å². The Hall–Kier alpha value is -1.94. The fraction of sp³-hybridized carbons (Fsp3) is 0.565. The SMILES string of the molecule is CCOC(=O)/C=C/CCC1CCCC(CCCOCc2ccccc2)C1=O. The zero-order valence-corrected chi connectivity index (χ0v) is 16.4. The van der Waals surface area contributed by atoms with Crippen molar-refractivity contribution in [3.05, 3.63) is 48.0 Å². The van der Waals surface area contributed by atoms with E-state index in [-0.39, 0.29) is 17.8 Å². The molecule has 0 N–H and O–H groups in total. The minimum absolute atomic E-state index is 0.140. The van der Waals surface area contributed by atoms with Gasteiger partial charge in [0, 0.05) is 24.5 Å². The number of benzene rings is 1. The van der Waals surface area contributed by atoms with E-state index in [1.54, 1.807) is 6.92 Å². The van der Waals surface area contributed by atoms with Crippen molar-refractivity contribution >= 4 is 11.8 Å². The zero-order chi connectivity index (χ0) is 19.3. The van der Waals surface area contributed by atoms with E-state index in [4.69, 9.17) is 9.47 Å². The summed E-state index contributed by atoms with van der Waals surface area (Å²) in [6.45, 7) is 3.51. The van der Waals surface area contributed by atoms with Crippen molar-refractivity contribution in [3.63, 3.8) is 0 Å². The van der Waals surface area contributed by atoms with E-state index in [1.165, 1.54) is 11.6 Å². The number of allylic oxidation sites excluding steroid dienone is 1. The number of ketones is 1. The van der Waals surface area contributed by atoms with E-state index in [0.717, 1.165) is 44.9 Å². The molecule has 0 aliphatic heterocycles. The minimum atomic E-state index is -0.305. The van der Waals surface area contributed by atoms with Gasteiger partial charge in [-0.25, -0.2) is 4.79 Å². The van der Waals surface area contributed by atoms with Crippen LogP contribution >= 0.6 is 0 Å². The first-order chi connectivity index (χ1) is 13.2. The predicted molar refractivity (Wildman–Crippen MR) is 106 cm³/mol. The minimum Gasteiger partial charge on any atom is -0.463 e. The number of carbonyl (C=O) groups is 2. The molecule has 1 aromatic rings. The largest absolute Gasteiger partial charge is 0.463 e. The first kappa shape index (κ1) is 21.4. The summed E-state index contributed by atoms with van der Waals surface area (Å²) in [6.07, 6.45) is 9.83. The third-order valence-electron chi connectivity index (χ3n) is 5.09. The summed E-state index contributed by atoms with van der Waals surface area (Å²) < 4.78 is 10.6. The Morgan fingerprint density at radius 1 is 1.15 bits per heavy atom. The molecule has 1 saturated carbocycles. The Kier molecular flexibility index (Phi) is 9.85. The Morgan fingerprint density at radius 2 is 1.89 bits per heavy atom. The molecule has 2 rings (SSSR count). The van der Waals surface area contributed by atoms with Crippen molar-refractivity contribution in [2.45, 2.75) is 58.5 Å². The second kappa shape index (κ2) is 12.4. The molecule has 4 heteroatoms. The summed E-state index contributed by atoms with van der Waals surface area (Å²) in [6, 6.07) is 10.2. The molecule has 2 unspecified atom stereocenters. The van der Waals surface area contributed by atoms with Crippen LogP contribution in [0.5, 0.6) is 0 Å². The van der Waals surface area contributed by atoms with Gasteiger partial charge in [0.15, 0.2) is 0 Å². The lowest BCUT2D eigenvalue weighted by Crippen LogP contribution is -2.28. The number of Topliss-reactive ketones (excluding diaryl/α,β-unsaturated/α-hetero) is 1. The molecule has 2 atom stereocenters. The van der Waals surface area contributed by atoms with Gasteiger partial charge in [-0.3, -0.25) is 4.79 Å². The molecular weight excluding hydrogens is 340 g/mol. The molecule has 0 radical (unpaired) electrons. The van der Waals surface area contributed by atoms with Gasteiger partial charge in [0.25, 0.3) is 0 Å². The number of rotatable bonds is 11. The number of ether oxygens (including phenoxy) is 2. The fourth-order valence-electron chi connectivity index (χ4n) is 3.67.